The van der Waals surface area contributed by atoms with Crippen LogP contribution in [0.15, 0.2) is 18.2 Å². The normalized spacial score (nSPS) is 35.9. The fourth-order valence-electron chi connectivity index (χ4n) is 5.06. The molecule has 2 aliphatic carbocycles. The summed E-state index contributed by atoms with van der Waals surface area (Å²) in [5, 5.41) is 30.8. The van der Waals surface area contributed by atoms with Crippen molar-refractivity contribution in [3.8, 4) is 0 Å². The van der Waals surface area contributed by atoms with Crippen LogP contribution < -0.4 is 0 Å². The van der Waals surface area contributed by atoms with E-state index >= 15 is 0 Å². The molecule has 1 aromatic rings. The number of fused-ring (bicyclic) bond motifs is 3. The van der Waals surface area contributed by atoms with Gasteiger partial charge in [-0.15, -0.1) is 0 Å². The third-order valence-corrected chi connectivity index (χ3v) is 6.61. The van der Waals surface area contributed by atoms with E-state index in [1.807, 2.05) is 25.1 Å². The molecular weight excluding hydrogens is 304 g/mol. The molecule has 0 bridgehead atoms. The second-order valence-electron chi connectivity index (χ2n) is 8.66. The van der Waals surface area contributed by atoms with Crippen molar-refractivity contribution < 1.29 is 20.1 Å². The van der Waals surface area contributed by atoms with E-state index in [0.29, 0.717) is 12.8 Å². The van der Waals surface area contributed by atoms with Crippen LogP contribution in [0.25, 0.3) is 0 Å². The highest BCUT2D eigenvalue weighted by molar-refractivity contribution is 5.75. The standard InChI is InChI=1S/C20H28O4/c1-18(2,24)12-6-7-14-13(10-12)15(21)11-16-19(14,3)8-5-9-20(16,4)17(22)23/h6-7,10,15-16,21,24H,5,8-9,11H2,1-4H3,(H,22,23)/t15-,16+,19-,20+/m0/s1. The molecule has 3 rings (SSSR count). The summed E-state index contributed by atoms with van der Waals surface area (Å²) in [6.07, 6.45) is 2.24. The number of aliphatic hydroxyl groups excluding tert-OH is 1. The zero-order valence-electron chi connectivity index (χ0n) is 15.0. The molecular formula is C20H28O4. The number of hydrogen-bond acceptors (Lipinski definition) is 3. The van der Waals surface area contributed by atoms with Crippen LogP contribution in [0.3, 0.4) is 0 Å². The van der Waals surface area contributed by atoms with Gasteiger partial charge in [0.05, 0.1) is 17.1 Å². The smallest absolute Gasteiger partial charge is 0.309 e. The maximum atomic E-state index is 12.0. The van der Waals surface area contributed by atoms with Gasteiger partial charge in [-0.2, -0.15) is 0 Å². The summed E-state index contributed by atoms with van der Waals surface area (Å²) >= 11 is 0. The Balaban J connectivity index is 2.15. The van der Waals surface area contributed by atoms with Crippen LogP contribution in [-0.4, -0.2) is 21.3 Å². The Morgan fingerprint density at radius 1 is 1.25 bits per heavy atom. The first-order valence-electron chi connectivity index (χ1n) is 8.79. The molecule has 0 aliphatic heterocycles. The van der Waals surface area contributed by atoms with Gasteiger partial charge in [0, 0.05) is 0 Å². The minimum atomic E-state index is -0.964. The van der Waals surface area contributed by atoms with Crippen LogP contribution in [0.4, 0.5) is 0 Å². The SMILES string of the molecule is CC(C)(O)c1ccc2c(c1)[C@@H](O)C[C@H]1[C@](C)(C(=O)O)CCC[C@@]21C. The molecule has 0 heterocycles. The molecule has 132 valence electrons. The number of carboxylic acids is 1. The quantitative estimate of drug-likeness (QED) is 0.774. The molecule has 0 unspecified atom stereocenters. The molecule has 0 radical (unpaired) electrons. The highest BCUT2D eigenvalue weighted by Gasteiger charge is 2.56. The minimum absolute atomic E-state index is 0.0910. The van der Waals surface area contributed by atoms with Crippen LogP contribution in [-0.2, 0) is 15.8 Å². The topological polar surface area (TPSA) is 77.8 Å². The lowest BCUT2D eigenvalue weighted by molar-refractivity contribution is -0.159. The van der Waals surface area contributed by atoms with E-state index in [4.69, 9.17) is 0 Å². The molecule has 0 saturated heterocycles. The number of carbonyl (C=O) groups is 1. The maximum absolute atomic E-state index is 12.0. The molecule has 1 saturated carbocycles. The van der Waals surface area contributed by atoms with Crippen molar-refractivity contribution in [1.82, 2.24) is 0 Å². The fraction of sp³-hybridized carbons (Fsp3) is 0.650. The van der Waals surface area contributed by atoms with E-state index in [9.17, 15) is 20.1 Å². The third kappa shape index (κ3) is 2.39. The molecule has 4 atom stereocenters. The lowest BCUT2D eigenvalue weighted by Gasteiger charge is -2.54. The average molecular weight is 332 g/mol. The van der Waals surface area contributed by atoms with Crippen molar-refractivity contribution in [2.45, 2.75) is 70.5 Å². The minimum Gasteiger partial charge on any atom is -0.481 e. The van der Waals surface area contributed by atoms with Crippen molar-refractivity contribution in [2.75, 3.05) is 0 Å². The predicted octanol–water partition coefficient (Wildman–Crippen LogP) is 3.50. The molecule has 0 amide bonds. The Kier molecular flexibility index (Phi) is 3.85. The second kappa shape index (κ2) is 5.30. The zero-order valence-corrected chi connectivity index (χ0v) is 15.0. The zero-order chi connectivity index (χ0) is 17.9. The highest BCUT2D eigenvalue weighted by Crippen LogP contribution is 2.59. The van der Waals surface area contributed by atoms with Crippen molar-refractivity contribution in [3.05, 3.63) is 34.9 Å². The number of aliphatic carboxylic acids is 1. The van der Waals surface area contributed by atoms with Crippen LogP contribution in [0.2, 0.25) is 0 Å². The van der Waals surface area contributed by atoms with E-state index < -0.39 is 23.1 Å². The Labute approximate surface area is 143 Å². The van der Waals surface area contributed by atoms with Gasteiger partial charge in [-0.05, 0) is 68.1 Å². The van der Waals surface area contributed by atoms with Crippen molar-refractivity contribution in [2.24, 2.45) is 11.3 Å². The first-order valence-corrected chi connectivity index (χ1v) is 8.79. The van der Waals surface area contributed by atoms with Gasteiger partial charge < -0.3 is 15.3 Å². The van der Waals surface area contributed by atoms with Crippen LogP contribution in [0.5, 0.6) is 0 Å². The second-order valence-corrected chi connectivity index (χ2v) is 8.66. The Morgan fingerprint density at radius 2 is 1.92 bits per heavy atom. The number of rotatable bonds is 2. The molecule has 1 aromatic carbocycles. The van der Waals surface area contributed by atoms with Crippen molar-refractivity contribution in [3.63, 3.8) is 0 Å². The van der Waals surface area contributed by atoms with Crippen LogP contribution in [0.1, 0.15) is 76.2 Å². The first kappa shape index (κ1) is 17.4. The average Bonchev–Trinajstić information content (AvgIpc) is 2.48. The number of hydrogen-bond donors (Lipinski definition) is 3. The summed E-state index contributed by atoms with van der Waals surface area (Å²) in [5.74, 6) is -0.853. The van der Waals surface area contributed by atoms with Crippen LogP contribution in [0, 0.1) is 11.3 Å². The predicted molar refractivity (Wildman–Crippen MR) is 91.7 cm³/mol. The third-order valence-electron chi connectivity index (χ3n) is 6.61. The lowest BCUT2D eigenvalue weighted by Crippen LogP contribution is -2.53. The Bertz CT molecular complexity index is 675. The number of carboxylic acid groups (broad SMARTS) is 1. The molecule has 24 heavy (non-hydrogen) atoms. The monoisotopic (exact) mass is 332 g/mol. The van der Waals surface area contributed by atoms with E-state index in [1.54, 1.807) is 13.8 Å². The Morgan fingerprint density at radius 3 is 2.50 bits per heavy atom. The summed E-state index contributed by atoms with van der Waals surface area (Å²) in [6, 6.07) is 5.80. The van der Waals surface area contributed by atoms with Gasteiger partial charge in [0.15, 0.2) is 0 Å². The van der Waals surface area contributed by atoms with Gasteiger partial charge in [-0.1, -0.05) is 31.5 Å². The largest absolute Gasteiger partial charge is 0.481 e. The number of benzene rings is 1. The summed E-state index contributed by atoms with van der Waals surface area (Å²) < 4.78 is 0. The summed E-state index contributed by atoms with van der Waals surface area (Å²) in [6.45, 7) is 7.44. The van der Waals surface area contributed by atoms with Gasteiger partial charge in [0.1, 0.15) is 0 Å². The van der Waals surface area contributed by atoms with Gasteiger partial charge in [0.25, 0.3) is 0 Å². The van der Waals surface area contributed by atoms with Crippen molar-refractivity contribution in [1.29, 1.82) is 0 Å². The molecule has 4 heteroatoms. The van der Waals surface area contributed by atoms with Gasteiger partial charge >= 0.3 is 5.97 Å². The van der Waals surface area contributed by atoms with Gasteiger partial charge in [-0.25, -0.2) is 0 Å². The first-order chi connectivity index (χ1) is 11.0. The molecule has 0 aromatic heterocycles. The molecule has 4 nitrogen and oxygen atoms in total. The van der Waals surface area contributed by atoms with Crippen molar-refractivity contribution >= 4 is 5.97 Å². The summed E-state index contributed by atoms with van der Waals surface area (Å²) in [5.41, 5.74) is 0.654. The molecule has 1 fully saturated rings. The van der Waals surface area contributed by atoms with E-state index in [-0.39, 0.29) is 11.3 Å². The summed E-state index contributed by atoms with van der Waals surface area (Å²) in [7, 11) is 0. The maximum Gasteiger partial charge on any atom is 0.309 e. The molecule has 2 aliphatic rings. The number of aliphatic hydroxyl groups is 2. The Hall–Kier alpha value is -1.39. The lowest BCUT2D eigenvalue weighted by atomic mass is 9.49. The fourth-order valence-corrected chi connectivity index (χ4v) is 5.06. The van der Waals surface area contributed by atoms with Gasteiger partial charge in [0.2, 0.25) is 0 Å². The van der Waals surface area contributed by atoms with Crippen LogP contribution >= 0.6 is 0 Å². The van der Waals surface area contributed by atoms with Gasteiger partial charge in [-0.3, -0.25) is 4.79 Å². The molecule has 3 N–H and O–H groups in total. The summed E-state index contributed by atoms with van der Waals surface area (Å²) in [4.78, 5) is 12.0. The molecule has 0 spiro atoms. The van der Waals surface area contributed by atoms with E-state index in [0.717, 1.165) is 29.5 Å². The van der Waals surface area contributed by atoms with E-state index in [2.05, 4.69) is 6.92 Å². The van der Waals surface area contributed by atoms with E-state index in [1.165, 1.54) is 0 Å². The highest BCUT2D eigenvalue weighted by atomic mass is 16.4.